The molecule has 0 saturated heterocycles. The summed E-state index contributed by atoms with van der Waals surface area (Å²) in [5.41, 5.74) is 4.36. The summed E-state index contributed by atoms with van der Waals surface area (Å²) in [6, 6.07) is 6.79. The number of benzene rings is 1. The maximum Gasteiger partial charge on any atom is -0.00258 e. The lowest BCUT2D eigenvalue weighted by molar-refractivity contribution is 0.530. The van der Waals surface area contributed by atoms with Crippen LogP contribution in [0.3, 0.4) is 0 Å². The highest BCUT2D eigenvalue weighted by molar-refractivity contribution is 5.30. The minimum Gasteiger partial charge on any atom is -0.316 e. The van der Waals surface area contributed by atoms with Gasteiger partial charge in [0.2, 0.25) is 0 Å². The second-order valence-corrected chi connectivity index (χ2v) is 5.84. The number of rotatable bonds is 8. The van der Waals surface area contributed by atoms with E-state index in [9.17, 15) is 0 Å². The molecule has 1 rings (SSSR count). The van der Waals surface area contributed by atoms with Crippen molar-refractivity contribution in [3.8, 4) is 0 Å². The predicted octanol–water partition coefficient (Wildman–Crippen LogP) is 4.26. The summed E-state index contributed by atoms with van der Waals surface area (Å²) in [7, 11) is 0. The van der Waals surface area contributed by atoms with Gasteiger partial charge in [-0.15, -0.1) is 0 Å². The van der Waals surface area contributed by atoms with E-state index in [1.165, 1.54) is 48.9 Å². The molecule has 0 atom stereocenters. The van der Waals surface area contributed by atoms with Crippen LogP contribution < -0.4 is 5.32 Å². The lowest BCUT2D eigenvalue weighted by atomic mass is 10.00. The molecule has 0 bridgehead atoms. The average molecular weight is 247 g/mol. The third-order valence-corrected chi connectivity index (χ3v) is 3.36. The van der Waals surface area contributed by atoms with Gasteiger partial charge in [0.15, 0.2) is 0 Å². The molecule has 0 aromatic heterocycles. The largest absolute Gasteiger partial charge is 0.316 e. The molecule has 102 valence electrons. The van der Waals surface area contributed by atoms with Crippen molar-refractivity contribution in [2.24, 2.45) is 5.92 Å². The fourth-order valence-electron chi connectivity index (χ4n) is 2.20. The van der Waals surface area contributed by atoms with Gasteiger partial charge >= 0.3 is 0 Å². The lowest BCUT2D eigenvalue weighted by Gasteiger charge is -2.08. The van der Waals surface area contributed by atoms with Crippen LogP contribution in [0.1, 0.15) is 49.8 Å². The van der Waals surface area contributed by atoms with Crippen molar-refractivity contribution in [3.05, 3.63) is 34.9 Å². The molecule has 0 unspecified atom stereocenters. The van der Waals surface area contributed by atoms with E-state index in [0.717, 1.165) is 12.5 Å². The molecule has 0 heterocycles. The molecule has 0 aliphatic rings. The number of hydrogen-bond acceptors (Lipinski definition) is 1. The van der Waals surface area contributed by atoms with Gasteiger partial charge in [-0.1, -0.05) is 44.0 Å². The van der Waals surface area contributed by atoms with Gasteiger partial charge in [0, 0.05) is 0 Å². The Balaban J connectivity index is 2.12. The van der Waals surface area contributed by atoms with E-state index in [1.54, 1.807) is 0 Å². The molecule has 0 radical (unpaired) electrons. The number of hydrogen-bond donors (Lipinski definition) is 1. The molecule has 18 heavy (non-hydrogen) atoms. The van der Waals surface area contributed by atoms with E-state index in [0.29, 0.717) is 0 Å². The quantitative estimate of drug-likeness (QED) is 0.677. The van der Waals surface area contributed by atoms with Crippen LogP contribution in [0.2, 0.25) is 0 Å². The second-order valence-electron chi connectivity index (χ2n) is 5.84. The first-order valence-corrected chi connectivity index (χ1v) is 7.36. The molecule has 0 spiro atoms. The van der Waals surface area contributed by atoms with E-state index in [-0.39, 0.29) is 0 Å². The first-order valence-electron chi connectivity index (χ1n) is 7.36. The topological polar surface area (TPSA) is 12.0 Å². The van der Waals surface area contributed by atoms with Gasteiger partial charge < -0.3 is 5.32 Å². The summed E-state index contributed by atoms with van der Waals surface area (Å²) in [6.45, 7) is 11.2. The Morgan fingerprint density at radius 3 is 2.56 bits per heavy atom. The fraction of sp³-hybridized carbons (Fsp3) is 0.647. The number of aryl methyl sites for hydroxylation is 3. The Kier molecular flexibility index (Phi) is 7.04. The van der Waals surface area contributed by atoms with Crippen molar-refractivity contribution in [2.45, 2.75) is 53.4 Å². The second kappa shape index (κ2) is 8.31. The maximum atomic E-state index is 3.50. The molecule has 0 saturated carbocycles. The molecule has 0 fully saturated rings. The van der Waals surface area contributed by atoms with Crippen LogP contribution in [0.25, 0.3) is 0 Å². The normalized spacial score (nSPS) is 11.2. The van der Waals surface area contributed by atoms with Crippen LogP contribution in [-0.4, -0.2) is 13.1 Å². The molecule has 1 nitrogen and oxygen atoms in total. The van der Waals surface area contributed by atoms with Crippen molar-refractivity contribution in [1.82, 2.24) is 5.32 Å². The summed E-state index contributed by atoms with van der Waals surface area (Å²) >= 11 is 0. The van der Waals surface area contributed by atoms with Gasteiger partial charge in [0.1, 0.15) is 0 Å². The van der Waals surface area contributed by atoms with Gasteiger partial charge in [0.25, 0.3) is 0 Å². The van der Waals surface area contributed by atoms with Crippen LogP contribution in [0.4, 0.5) is 0 Å². The zero-order valence-electron chi connectivity index (χ0n) is 12.6. The van der Waals surface area contributed by atoms with Crippen molar-refractivity contribution >= 4 is 0 Å². The van der Waals surface area contributed by atoms with Gasteiger partial charge in [-0.3, -0.25) is 0 Å². The Morgan fingerprint density at radius 1 is 1.06 bits per heavy atom. The highest BCUT2D eigenvalue weighted by Gasteiger charge is 1.99. The molecular weight excluding hydrogens is 218 g/mol. The van der Waals surface area contributed by atoms with Crippen molar-refractivity contribution in [1.29, 1.82) is 0 Å². The third-order valence-electron chi connectivity index (χ3n) is 3.36. The van der Waals surface area contributed by atoms with E-state index in [1.807, 2.05) is 0 Å². The molecule has 1 aromatic rings. The third kappa shape index (κ3) is 6.20. The minimum absolute atomic E-state index is 0.764. The summed E-state index contributed by atoms with van der Waals surface area (Å²) in [6.07, 6.45) is 5.18. The molecular formula is C17H29N. The molecule has 0 aliphatic heterocycles. The predicted molar refractivity (Wildman–Crippen MR) is 81.2 cm³/mol. The summed E-state index contributed by atoms with van der Waals surface area (Å²) in [4.78, 5) is 0. The zero-order chi connectivity index (χ0) is 13.4. The van der Waals surface area contributed by atoms with E-state index in [2.05, 4.69) is 51.2 Å². The van der Waals surface area contributed by atoms with Crippen molar-refractivity contribution in [3.63, 3.8) is 0 Å². The highest BCUT2D eigenvalue weighted by atomic mass is 14.8. The van der Waals surface area contributed by atoms with Gasteiger partial charge in [-0.05, 0) is 63.2 Å². The maximum absolute atomic E-state index is 3.50. The Bertz CT molecular complexity index is 341. The number of nitrogens with one attached hydrogen (secondary N) is 1. The van der Waals surface area contributed by atoms with Crippen molar-refractivity contribution < 1.29 is 0 Å². The molecule has 0 aliphatic carbocycles. The van der Waals surface area contributed by atoms with Gasteiger partial charge in [0.05, 0.1) is 0 Å². The van der Waals surface area contributed by atoms with Crippen LogP contribution in [0.5, 0.6) is 0 Å². The lowest BCUT2D eigenvalue weighted by Crippen LogP contribution is -2.20. The zero-order valence-corrected chi connectivity index (χ0v) is 12.6. The SMILES string of the molecule is Cc1ccc(C)c(CCCCCNCC(C)C)c1. The Morgan fingerprint density at radius 2 is 1.83 bits per heavy atom. The first-order chi connectivity index (χ1) is 8.59. The van der Waals surface area contributed by atoms with Crippen molar-refractivity contribution in [2.75, 3.05) is 13.1 Å². The number of unbranched alkanes of at least 4 members (excludes halogenated alkanes) is 2. The van der Waals surface area contributed by atoms with E-state index < -0.39 is 0 Å². The fourth-order valence-corrected chi connectivity index (χ4v) is 2.20. The molecule has 1 heteroatoms. The molecule has 1 N–H and O–H groups in total. The van der Waals surface area contributed by atoms with Gasteiger partial charge in [-0.25, -0.2) is 0 Å². The minimum atomic E-state index is 0.764. The first kappa shape index (κ1) is 15.2. The van der Waals surface area contributed by atoms with E-state index >= 15 is 0 Å². The summed E-state index contributed by atoms with van der Waals surface area (Å²) in [5, 5.41) is 3.50. The molecule has 0 amide bonds. The van der Waals surface area contributed by atoms with E-state index in [4.69, 9.17) is 0 Å². The Labute approximate surface area is 113 Å². The van der Waals surface area contributed by atoms with Crippen LogP contribution >= 0.6 is 0 Å². The summed E-state index contributed by atoms with van der Waals surface area (Å²) in [5.74, 6) is 0.764. The standard InChI is InChI=1S/C17H29N/c1-14(2)13-18-11-7-5-6-8-17-12-15(3)9-10-16(17)4/h9-10,12,14,18H,5-8,11,13H2,1-4H3. The molecule has 1 aromatic carbocycles. The summed E-state index contributed by atoms with van der Waals surface area (Å²) < 4.78 is 0. The monoisotopic (exact) mass is 247 g/mol. The average Bonchev–Trinajstić information content (AvgIpc) is 2.32. The van der Waals surface area contributed by atoms with Gasteiger partial charge in [-0.2, -0.15) is 0 Å². The highest BCUT2D eigenvalue weighted by Crippen LogP contribution is 2.14. The van der Waals surface area contributed by atoms with Crippen LogP contribution in [0, 0.1) is 19.8 Å². The van der Waals surface area contributed by atoms with Crippen LogP contribution in [-0.2, 0) is 6.42 Å². The van der Waals surface area contributed by atoms with Crippen LogP contribution in [0.15, 0.2) is 18.2 Å². The smallest absolute Gasteiger partial charge is 0.00258 e. The Hall–Kier alpha value is -0.820.